The predicted octanol–water partition coefficient (Wildman–Crippen LogP) is 4.12. The number of pyridine rings is 1. The highest BCUT2D eigenvalue weighted by atomic mass is 35.5. The Balaban J connectivity index is 1.76. The zero-order valence-corrected chi connectivity index (χ0v) is 16.5. The number of hydrogen-bond acceptors (Lipinski definition) is 4. The van der Waals surface area contributed by atoms with Crippen LogP contribution < -0.4 is 10.6 Å². The molecule has 0 spiro atoms. The van der Waals surface area contributed by atoms with Gasteiger partial charge >= 0.3 is 0 Å². The van der Waals surface area contributed by atoms with E-state index in [1.165, 1.54) is 25.7 Å². The van der Waals surface area contributed by atoms with Crippen LogP contribution in [0.2, 0.25) is 5.02 Å². The number of carbonyl (C=O) groups excluding carboxylic acids is 1. The van der Waals surface area contributed by atoms with Crippen molar-refractivity contribution >= 4 is 23.3 Å². The first kappa shape index (κ1) is 19.6. The fraction of sp³-hybridized carbons (Fsp3) is 0.429. The first-order valence-electron chi connectivity index (χ1n) is 9.59. The Morgan fingerprint density at radius 2 is 1.93 bits per heavy atom. The van der Waals surface area contributed by atoms with Crippen LogP contribution in [-0.4, -0.2) is 42.5 Å². The molecule has 1 saturated heterocycles. The van der Waals surface area contributed by atoms with E-state index in [0.717, 1.165) is 23.7 Å². The number of rotatable bonds is 6. The minimum Gasteiger partial charge on any atom is -0.373 e. The van der Waals surface area contributed by atoms with Gasteiger partial charge in [0.25, 0.3) is 5.91 Å². The van der Waals surface area contributed by atoms with Crippen molar-refractivity contribution in [3.63, 3.8) is 0 Å². The molecule has 1 fully saturated rings. The number of likely N-dealkylation sites (tertiary alicyclic amines) is 1. The van der Waals surface area contributed by atoms with Crippen molar-refractivity contribution in [2.24, 2.45) is 0 Å². The molecule has 1 aromatic heterocycles. The molecule has 0 aliphatic carbocycles. The number of nitrogens with one attached hydrogen (secondary N) is 2. The van der Waals surface area contributed by atoms with Crippen molar-refractivity contribution in [2.45, 2.75) is 31.7 Å². The molecule has 2 N–H and O–H groups in total. The normalized spacial score (nSPS) is 16.4. The fourth-order valence-corrected chi connectivity index (χ4v) is 3.85. The van der Waals surface area contributed by atoms with E-state index < -0.39 is 0 Å². The van der Waals surface area contributed by atoms with Gasteiger partial charge in [0.1, 0.15) is 5.82 Å². The summed E-state index contributed by atoms with van der Waals surface area (Å²) in [5.74, 6) is 0.582. The van der Waals surface area contributed by atoms with Crippen molar-refractivity contribution in [3.8, 4) is 0 Å². The lowest BCUT2D eigenvalue weighted by Crippen LogP contribution is -2.38. The summed E-state index contributed by atoms with van der Waals surface area (Å²) in [4.78, 5) is 19.3. The molecule has 1 aliphatic rings. The highest BCUT2D eigenvalue weighted by molar-refractivity contribution is 6.31. The van der Waals surface area contributed by atoms with Crippen molar-refractivity contribution in [2.75, 3.05) is 32.0 Å². The summed E-state index contributed by atoms with van der Waals surface area (Å²) in [6, 6.07) is 11.5. The molecule has 6 heteroatoms. The summed E-state index contributed by atoms with van der Waals surface area (Å²) in [6.07, 6.45) is 6.54. The third-order valence-corrected chi connectivity index (χ3v) is 5.42. The Morgan fingerprint density at radius 1 is 1.19 bits per heavy atom. The maximum atomic E-state index is 12.7. The van der Waals surface area contributed by atoms with Gasteiger partial charge < -0.3 is 10.6 Å². The van der Waals surface area contributed by atoms with Gasteiger partial charge in [-0.3, -0.25) is 9.69 Å². The van der Waals surface area contributed by atoms with E-state index in [1.54, 1.807) is 25.4 Å². The minimum atomic E-state index is -0.0965. The molecule has 27 heavy (non-hydrogen) atoms. The van der Waals surface area contributed by atoms with Gasteiger partial charge in [0, 0.05) is 30.4 Å². The average molecular weight is 387 g/mol. The van der Waals surface area contributed by atoms with Gasteiger partial charge in [0.05, 0.1) is 6.04 Å². The predicted molar refractivity (Wildman–Crippen MR) is 110 cm³/mol. The average Bonchev–Trinajstić information content (AvgIpc) is 2.99. The molecule has 0 radical (unpaired) electrons. The summed E-state index contributed by atoms with van der Waals surface area (Å²) < 4.78 is 0. The van der Waals surface area contributed by atoms with Crippen LogP contribution in [0, 0.1) is 0 Å². The van der Waals surface area contributed by atoms with Crippen LogP contribution in [0.15, 0.2) is 42.6 Å². The maximum Gasteiger partial charge on any atom is 0.251 e. The third-order valence-electron chi connectivity index (χ3n) is 5.08. The van der Waals surface area contributed by atoms with Gasteiger partial charge in [0.15, 0.2) is 0 Å². The number of hydrogen-bond donors (Lipinski definition) is 2. The number of nitrogens with zero attached hydrogens (tertiary/aromatic N) is 2. The summed E-state index contributed by atoms with van der Waals surface area (Å²) in [6.45, 7) is 2.59. The maximum absolute atomic E-state index is 12.7. The molecule has 0 bridgehead atoms. The van der Waals surface area contributed by atoms with E-state index in [2.05, 4.69) is 26.6 Å². The van der Waals surface area contributed by atoms with Crippen LogP contribution in [-0.2, 0) is 0 Å². The summed E-state index contributed by atoms with van der Waals surface area (Å²) in [7, 11) is 1.79. The zero-order valence-electron chi connectivity index (χ0n) is 15.7. The highest BCUT2D eigenvalue weighted by Crippen LogP contribution is 2.29. The van der Waals surface area contributed by atoms with Crippen LogP contribution in [0.25, 0.3) is 0 Å². The first-order chi connectivity index (χ1) is 13.2. The van der Waals surface area contributed by atoms with E-state index in [0.29, 0.717) is 17.9 Å². The molecule has 3 rings (SSSR count). The van der Waals surface area contributed by atoms with Gasteiger partial charge in [-0.05, 0) is 49.7 Å². The van der Waals surface area contributed by atoms with Crippen LogP contribution in [0.5, 0.6) is 0 Å². The molecule has 2 heterocycles. The largest absolute Gasteiger partial charge is 0.373 e. The third kappa shape index (κ3) is 5.21. The monoisotopic (exact) mass is 386 g/mol. The summed E-state index contributed by atoms with van der Waals surface area (Å²) in [5, 5.41) is 6.81. The van der Waals surface area contributed by atoms with E-state index in [-0.39, 0.29) is 11.9 Å². The molecule has 1 aromatic carbocycles. The quantitative estimate of drug-likeness (QED) is 0.783. The Hall–Kier alpha value is -2.11. The van der Waals surface area contributed by atoms with Crippen molar-refractivity contribution < 1.29 is 4.79 Å². The molecule has 1 atom stereocenters. The smallest absolute Gasteiger partial charge is 0.251 e. The van der Waals surface area contributed by atoms with Gasteiger partial charge in [0.2, 0.25) is 0 Å². The van der Waals surface area contributed by atoms with Crippen LogP contribution >= 0.6 is 11.6 Å². The van der Waals surface area contributed by atoms with Gasteiger partial charge in [-0.2, -0.15) is 0 Å². The SMILES string of the molecule is CNc1cc(C(=O)NC[C@H](c2ccccc2Cl)N2CCCCCC2)ccn1. The minimum absolute atomic E-state index is 0.0753. The van der Waals surface area contributed by atoms with Gasteiger partial charge in [-0.15, -0.1) is 0 Å². The summed E-state index contributed by atoms with van der Waals surface area (Å²) in [5.41, 5.74) is 1.68. The van der Waals surface area contributed by atoms with Crippen LogP contribution in [0.1, 0.15) is 47.6 Å². The second-order valence-electron chi connectivity index (χ2n) is 6.88. The molecule has 5 nitrogen and oxygen atoms in total. The Labute approximate surface area is 166 Å². The number of anilines is 1. The molecule has 1 aliphatic heterocycles. The highest BCUT2D eigenvalue weighted by Gasteiger charge is 2.24. The second kappa shape index (κ2) is 9.72. The Kier molecular flexibility index (Phi) is 7.07. The first-order valence-corrected chi connectivity index (χ1v) is 9.97. The lowest BCUT2D eigenvalue weighted by Gasteiger charge is -2.31. The molecular formula is C21H27ClN4O. The molecule has 2 aromatic rings. The van der Waals surface area contributed by atoms with E-state index in [9.17, 15) is 4.79 Å². The van der Waals surface area contributed by atoms with E-state index in [4.69, 9.17) is 11.6 Å². The zero-order chi connectivity index (χ0) is 19.1. The van der Waals surface area contributed by atoms with E-state index >= 15 is 0 Å². The topological polar surface area (TPSA) is 57.3 Å². The lowest BCUT2D eigenvalue weighted by atomic mass is 10.0. The van der Waals surface area contributed by atoms with Crippen LogP contribution in [0.3, 0.4) is 0 Å². The van der Waals surface area contributed by atoms with Crippen molar-refractivity contribution in [1.82, 2.24) is 15.2 Å². The van der Waals surface area contributed by atoms with Gasteiger partial charge in [-0.1, -0.05) is 42.6 Å². The van der Waals surface area contributed by atoms with Crippen LogP contribution in [0.4, 0.5) is 5.82 Å². The molecule has 0 saturated carbocycles. The number of aromatic nitrogens is 1. The Morgan fingerprint density at radius 3 is 2.63 bits per heavy atom. The standard InChI is InChI=1S/C21H27ClN4O/c1-23-20-14-16(10-11-24-20)21(27)25-15-19(17-8-4-5-9-18(17)22)26-12-6-2-3-7-13-26/h4-5,8-11,14,19H,2-3,6-7,12-13,15H2,1H3,(H,23,24)(H,25,27)/t19-/m1/s1. The molecule has 144 valence electrons. The fourth-order valence-electron chi connectivity index (χ4n) is 3.59. The number of carbonyl (C=O) groups is 1. The summed E-state index contributed by atoms with van der Waals surface area (Å²) >= 11 is 6.49. The Bertz CT molecular complexity index is 759. The number of amides is 1. The second-order valence-corrected chi connectivity index (χ2v) is 7.28. The van der Waals surface area contributed by atoms with Gasteiger partial charge in [-0.25, -0.2) is 4.98 Å². The van der Waals surface area contributed by atoms with Crippen molar-refractivity contribution in [3.05, 3.63) is 58.7 Å². The van der Waals surface area contributed by atoms with E-state index in [1.807, 2.05) is 18.2 Å². The number of halogens is 1. The lowest BCUT2D eigenvalue weighted by molar-refractivity contribution is 0.0933. The van der Waals surface area contributed by atoms with Crippen molar-refractivity contribution in [1.29, 1.82) is 0 Å². The molecular weight excluding hydrogens is 360 g/mol. The number of benzene rings is 1. The molecule has 1 amide bonds. The molecule has 0 unspecified atom stereocenters.